The molecule has 1 heterocycles. The Labute approximate surface area is 69.1 Å². The highest BCUT2D eigenvalue weighted by molar-refractivity contribution is 6.31. The van der Waals surface area contributed by atoms with E-state index in [0.29, 0.717) is 10.7 Å². The number of hydrogen-bond donors (Lipinski definition) is 1. The van der Waals surface area contributed by atoms with Crippen molar-refractivity contribution in [3.8, 4) is 0 Å². The van der Waals surface area contributed by atoms with Gasteiger partial charge in [-0.25, -0.2) is 0 Å². The molecule has 0 aliphatic heterocycles. The van der Waals surface area contributed by atoms with Crippen LogP contribution in [0.5, 0.6) is 0 Å². The van der Waals surface area contributed by atoms with Gasteiger partial charge in [-0.3, -0.25) is 0 Å². The minimum Gasteiger partial charge on any atom is -0.388 e. The molecule has 0 aliphatic carbocycles. The second-order valence-corrected chi connectivity index (χ2v) is 2.28. The van der Waals surface area contributed by atoms with Crippen molar-refractivity contribution >= 4 is 17.4 Å². The zero-order valence-electron chi connectivity index (χ0n) is 5.58. The predicted octanol–water partition coefficient (Wildman–Crippen LogP) is 1.78. The lowest BCUT2D eigenvalue weighted by Gasteiger charge is -1.94. The lowest BCUT2D eigenvalue weighted by Crippen LogP contribution is -1.88. The van der Waals surface area contributed by atoms with Crippen molar-refractivity contribution in [3.63, 3.8) is 0 Å². The van der Waals surface area contributed by atoms with Gasteiger partial charge in [0.15, 0.2) is 5.69 Å². The SMILES string of the molecule is [C-]#[N+]c1ccc(Cl)c(CO)n1. The van der Waals surface area contributed by atoms with Crippen LogP contribution in [-0.4, -0.2) is 10.1 Å². The van der Waals surface area contributed by atoms with Crippen LogP contribution in [0.4, 0.5) is 5.82 Å². The maximum atomic E-state index is 8.69. The summed E-state index contributed by atoms with van der Waals surface area (Å²) in [7, 11) is 0. The van der Waals surface area contributed by atoms with Gasteiger partial charge in [-0.1, -0.05) is 18.2 Å². The topological polar surface area (TPSA) is 37.5 Å². The molecular formula is C7H5ClN2O. The fourth-order valence-corrected chi connectivity index (χ4v) is 0.811. The number of hydrogen-bond acceptors (Lipinski definition) is 2. The molecule has 4 heteroatoms. The lowest BCUT2D eigenvalue weighted by atomic mass is 10.3. The van der Waals surface area contributed by atoms with E-state index in [4.69, 9.17) is 23.3 Å². The minimum atomic E-state index is -0.234. The van der Waals surface area contributed by atoms with E-state index in [0.717, 1.165) is 0 Å². The van der Waals surface area contributed by atoms with Gasteiger partial charge in [0.1, 0.15) is 6.61 Å². The molecule has 1 aromatic heterocycles. The van der Waals surface area contributed by atoms with Crippen molar-refractivity contribution < 1.29 is 5.11 Å². The van der Waals surface area contributed by atoms with Gasteiger partial charge in [-0.2, -0.15) is 0 Å². The number of aliphatic hydroxyl groups excluding tert-OH is 1. The van der Waals surface area contributed by atoms with Gasteiger partial charge >= 0.3 is 0 Å². The lowest BCUT2D eigenvalue weighted by molar-refractivity contribution is 0.277. The van der Waals surface area contributed by atoms with Gasteiger partial charge in [-0.05, 0) is 12.1 Å². The van der Waals surface area contributed by atoms with Crippen LogP contribution >= 0.6 is 11.6 Å². The number of halogens is 1. The van der Waals surface area contributed by atoms with Crippen LogP contribution < -0.4 is 0 Å². The summed E-state index contributed by atoms with van der Waals surface area (Å²) in [5.74, 6) is 0.249. The van der Waals surface area contributed by atoms with Crippen LogP contribution in [0.2, 0.25) is 5.02 Å². The van der Waals surface area contributed by atoms with Crippen LogP contribution in [0.1, 0.15) is 5.69 Å². The normalized spacial score (nSPS) is 9.18. The van der Waals surface area contributed by atoms with Crippen molar-refractivity contribution in [2.24, 2.45) is 0 Å². The van der Waals surface area contributed by atoms with Crippen molar-refractivity contribution in [2.45, 2.75) is 6.61 Å². The zero-order chi connectivity index (χ0) is 8.27. The molecule has 0 fully saturated rings. The Hall–Kier alpha value is -1.11. The quantitative estimate of drug-likeness (QED) is 0.649. The molecule has 1 N–H and O–H groups in total. The second kappa shape index (κ2) is 3.33. The highest BCUT2D eigenvalue weighted by Gasteiger charge is 2.04. The smallest absolute Gasteiger partial charge is 0.269 e. The van der Waals surface area contributed by atoms with Crippen LogP contribution in [0.25, 0.3) is 4.85 Å². The van der Waals surface area contributed by atoms with Crippen LogP contribution in [0.15, 0.2) is 12.1 Å². The molecule has 0 aliphatic rings. The van der Waals surface area contributed by atoms with Crippen molar-refractivity contribution in [1.29, 1.82) is 0 Å². The van der Waals surface area contributed by atoms with Gasteiger partial charge in [0.05, 0.1) is 5.02 Å². The summed E-state index contributed by atoms with van der Waals surface area (Å²) in [5.41, 5.74) is 0.347. The van der Waals surface area contributed by atoms with E-state index >= 15 is 0 Å². The zero-order valence-corrected chi connectivity index (χ0v) is 6.34. The standard InChI is InChI=1S/C7H5ClN2O/c1-9-7-3-2-5(8)6(4-11)10-7/h2-3,11H,4H2. The summed E-state index contributed by atoms with van der Waals surface area (Å²) >= 11 is 5.63. The Kier molecular flexibility index (Phi) is 2.42. The van der Waals surface area contributed by atoms with E-state index in [1.165, 1.54) is 6.07 Å². The third kappa shape index (κ3) is 1.67. The molecule has 0 radical (unpaired) electrons. The summed E-state index contributed by atoms with van der Waals surface area (Å²) in [6.45, 7) is 6.39. The fraction of sp³-hybridized carbons (Fsp3) is 0.143. The Morgan fingerprint density at radius 2 is 2.36 bits per heavy atom. The Balaban J connectivity index is 3.15. The van der Waals surface area contributed by atoms with Gasteiger partial charge in [0, 0.05) is 0 Å². The average molecular weight is 169 g/mol. The van der Waals surface area contributed by atoms with Crippen LogP contribution in [0.3, 0.4) is 0 Å². The fourth-order valence-electron chi connectivity index (χ4n) is 0.646. The van der Waals surface area contributed by atoms with E-state index in [-0.39, 0.29) is 12.4 Å². The highest BCUT2D eigenvalue weighted by Crippen LogP contribution is 2.17. The molecule has 1 rings (SSSR count). The molecular weight excluding hydrogens is 164 g/mol. The first-order valence-corrected chi connectivity index (χ1v) is 3.29. The molecule has 1 aromatic rings. The molecule has 0 spiro atoms. The average Bonchev–Trinajstić information content (AvgIpc) is 2.05. The molecule has 56 valence electrons. The Bertz CT molecular complexity index is 306. The predicted molar refractivity (Wildman–Crippen MR) is 41.4 cm³/mol. The van der Waals surface area contributed by atoms with E-state index in [9.17, 15) is 0 Å². The van der Waals surface area contributed by atoms with Crippen molar-refractivity contribution in [1.82, 2.24) is 4.98 Å². The van der Waals surface area contributed by atoms with Gasteiger partial charge in [-0.15, -0.1) is 4.98 Å². The highest BCUT2D eigenvalue weighted by atomic mass is 35.5. The molecule has 0 saturated heterocycles. The third-order valence-corrected chi connectivity index (χ3v) is 1.51. The number of nitrogens with zero attached hydrogens (tertiary/aromatic N) is 2. The number of pyridine rings is 1. The molecule has 0 atom stereocenters. The van der Waals surface area contributed by atoms with Crippen molar-refractivity contribution in [3.05, 3.63) is 34.3 Å². The van der Waals surface area contributed by atoms with Crippen molar-refractivity contribution in [2.75, 3.05) is 0 Å². The molecule has 0 unspecified atom stereocenters. The summed E-state index contributed by atoms with van der Waals surface area (Å²) in [4.78, 5) is 6.86. The first-order chi connectivity index (χ1) is 5.27. The first kappa shape index (κ1) is 7.99. The monoisotopic (exact) mass is 168 g/mol. The van der Waals surface area contributed by atoms with Crippen LogP contribution in [-0.2, 0) is 6.61 Å². The molecule has 0 bridgehead atoms. The third-order valence-electron chi connectivity index (χ3n) is 1.17. The van der Waals surface area contributed by atoms with Gasteiger partial charge in [0.2, 0.25) is 0 Å². The van der Waals surface area contributed by atoms with E-state index in [1.54, 1.807) is 6.07 Å². The number of rotatable bonds is 1. The summed E-state index contributed by atoms with van der Waals surface area (Å²) < 4.78 is 0. The molecule has 0 aromatic carbocycles. The van der Waals surface area contributed by atoms with E-state index in [1.807, 2.05) is 0 Å². The molecule has 3 nitrogen and oxygen atoms in total. The Morgan fingerprint density at radius 1 is 1.64 bits per heavy atom. The maximum Gasteiger partial charge on any atom is 0.269 e. The number of aromatic nitrogens is 1. The van der Waals surface area contributed by atoms with Gasteiger partial charge in [0.25, 0.3) is 5.82 Å². The summed E-state index contributed by atoms with van der Waals surface area (Å²) in [5, 5.41) is 9.08. The molecule has 0 saturated carbocycles. The van der Waals surface area contributed by atoms with Crippen LogP contribution in [0, 0.1) is 6.57 Å². The Morgan fingerprint density at radius 3 is 2.91 bits per heavy atom. The largest absolute Gasteiger partial charge is 0.388 e. The molecule has 0 amide bonds. The van der Waals surface area contributed by atoms with E-state index < -0.39 is 0 Å². The minimum absolute atomic E-state index is 0.234. The summed E-state index contributed by atoms with van der Waals surface area (Å²) in [6.07, 6.45) is 0. The first-order valence-electron chi connectivity index (χ1n) is 2.91. The maximum absolute atomic E-state index is 8.69. The number of aliphatic hydroxyl groups is 1. The second-order valence-electron chi connectivity index (χ2n) is 1.87. The molecule has 11 heavy (non-hydrogen) atoms. The summed E-state index contributed by atoms with van der Waals surface area (Å²) in [6, 6.07) is 3.06. The van der Waals surface area contributed by atoms with E-state index in [2.05, 4.69) is 9.83 Å². The van der Waals surface area contributed by atoms with Gasteiger partial charge < -0.3 is 9.95 Å².